The Morgan fingerprint density at radius 1 is 1.11 bits per heavy atom. The number of anilines is 1. The molecule has 1 atom stereocenters. The van der Waals surface area contributed by atoms with Gasteiger partial charge in [-0.05, 0) is 49.4 Å². The van der Waals surface area contributed by atoms with Gasteiger partial charge >= 0.3 is 5.97 Å². The summed E-state index contributed by atoms with van der Waals surface area (Å²) < 4.78 is 6.76. The molecule has 0 unspecified atom stereocenters. The van der Waals surface area contributed by atoms with Crippen molar-refractivity contribution in [3.8, 4) is 0 Å². The normalized spacial score (nSPS) is 11.9. The molecule has 4 aromatic rings. The minimum absolute atomic E-state index is 0.140. The number of hydrogen-bond donors (Lipinski definition) is 1. The second-order valence-corrected chi connectivity index (χ2v) is 9.38. The highest BCUT2D eigenvalue weighted by atomic mass is 32.1. The standard InChI is InChI=1S/C27H27N3O4S/c1-5-20-13-9-10-16(2)22(20)29-24(31)18(4)30-15-28-25-21(26(30)32)17(3)23(35-25)27(33)34-14-19-11-7-6-8-12-19/h6-13,15,18H,5,14H2,1-4H3,(H,29,31)/t18-/m1/s1. The van der Waals surface area contributed by atoms with Crippen molar-refractivity contribution in [1.29, 1.82) is 0 Å². The zero-order valence-electron chi connectivity index (χ0n) is 20.1. The topological polar surface area (TPSA) is 90.3 Å². The molecule has 35 heavy (non-hydrogen) atoms. The van der Waals surface area contributed by atoms with Gasteiger partial charge in [-0.3, -0.25) is 14.2 Å². The van der Waals surface area contributed by atoms with Crippen LogP contribution in [0.4, 0.5) is 5.69 Å². The number of esters is 1. The molecule has 180 valence electrons. The highest BCUT2D eigenvalue weighted by molar-refractivity contribution is 7.20. The summed E-state index contributed by atoms with van der Waals surface area (Å²) in [5.41, 5.74) is 3.77. The fourth-order valence-electron chi connectivity index (χ4n) is 3.95. The first-order valence-corrected chi connectivity index (χ1v) is 12.2. The molecule has 0 saturated heterocycles. The second-order valence-electron chi connectivity index (χ2n) is 8.38. The molecule has 0 aliphatic heterocycles. The lowest BCUT2D eigenvalue weighted by molar-refractivity contribution is -0.118. The number of rotatable bonds is 7. The number of benzene rings is 2. The second kappa shape index (κ2) is 10.2. The number of aryl methyl sites for hydroxylation is 3. The van der Waals surface area contributed by atoms with Crippen molar-refractivity contribution in [2.45, 2.75) is 46.8 Å². The van der Waals surface area contributed by atoms with Crippen molar-refractivity contribution in [3.05, 3.63) is 92.3 Å². The van der Waals surface area contributed by atoms with E-state index in [1.54, 1.807) is 13.8 Å². The molecule has 0 aliphatic rings. The van der Waals surface area contributed by atoms with Crippen LogP contribution < -0.4 is 10.9 Å². The summed E-state index contributed by atoms with van der Waals surface area (Å²) in [6, 6.07) is 14.5. The van der Waals surface area contributed by atoms with Crippen LogP contribution in [0.1, 0.15) is 51.8 Å². The number of carbonyl (C=O) groups excluding carboxylic acids is 2. The van der Waals surface area contributed by atoms with E-state index < -0.39 is 12.0 Å². The van der Waals surface area contributed by atoms with E-state index >= 15 is 0 Å². The third-order valence-electron chi connectivity index (χ3n) is 6.06. The predicted molar refractivity (Wildman–Crippen MR) is 138 cm³/mol. The fourth-order valence-corrected chi connectivity index (χ4v) is 4.99. The molecule has 2 heterocycles. The Labute approximate surface area is 207 Å². The van der Waals surface area contributed by atoms with Gasteiger partial charge in [-0.2, -0.15) is 0 Å². The number of para-hydroxylation sites is 1. The number of nitrogens with zero attached hydrogens (tertiary/aromatic N) is 2. The van der Waals surface area contributed by atoms with Gasteiger partial charge < -0.3 is 10.1 Å². The molecular weight excluding hydrogens is 462 g/mol. The number of carbonyl (C=O) groups is 2. The molecular formula is C27H27N3O4S. The van der Waals surface area contributed by atoms with Crippen LogP contribution in [-0.2, 0) is 22.6 Å². The lowest BCUT2D eigenvalue weighted by atomic mass is 10.1. The van der Waals surface area contributed by atoms with Crippen molar-refractivity contribution in [2.24, 2.45) is 0 Å². The summed E-state index contributed by atoms with van der Waals surface area (Å²) >= 11 is 1.12. The summed E-state index contributed by atoms with van der Waals surface area (Å²) in [6.07, 6.45) is 2.14. The minimum Gasteiger partial charge on any atom is -0.457 e. The number of nitrogens with one attached hydrogen (secondary N) is 1. The molecule has 7 nitrogen and oxygen atoms in total. The van der Waals surface area contributed by atoms with E-state index in [0.717, 1.165) is 40.1 Å². The molecule has 0 saturated carbocycles. The molecule has 0 aliphatic carbocycles. The van der Waals surface area contributed by atoms with Gasteiger partial charge in [0.25, 0.3) is 5.56 Å². The number of fused-ring (bicyclic) bond motifs is 1. The number of ether oxygens (including phenoxy) is 1. The van der Waals surface area contributed by atoms with Crippen LogP contribution in [0.25, 0.3) is 10.2 Å². The number of hydrogen-bond acceptors (Lipinski definition) is 6. The Bertz CT molecular complexity index is 1460. The van der Waals surface area contributed by atoms with Gasteiger partial charge in [0, 0.05) is 5.69 Å². The number of amides is 1. The van der Waals surface area contributed by atoms with E-state index in [1.165, 1.54) is 10.9 Å². The molecule has 0 spiro atoms. The largest absolute Gasteiger partial charge is 0.457 e. The van der Waals surface area contributed by atoms with Crippen molar-refractivity contribution >= 4 is 39.1 Å². The van der Waals surface area contributed by atoms with E-state index in [-0.39, 0.29) is 18.1 Å². The van der Waals surface area contributed by atoms with Crippen molar-refractivity contribution in [1.82, 2.24) is 9.55 Å². The summed E-state index contributed by atoms with van der Waals surface area (Å²) in [7, 11) is 0. The van der Waals surface area contributed by atoms with Crippen LogP contribution in [0.15, 0.2) is 59.7 Å². The van der Waals surface area contributed by atoms with Crippen molar-refractivity contribution in [3.63, 3.8) is 0 Å². The Kier molecular flexibility index (Phi) is 7.12. The molecule has 2 aromatic carbocycles. The maximum atomic E-state index is 13.4. The molecule has 4 rings (SSSR count). The average Bonchev–Trinajstić information content (AvgIpc) is 3.21. The molecule has 0 bridgehead atoms. The van der Waals surface area contributed by atoms with E-state index in [2.05, 4.69) is 10.3 Å². The van der Waals surface area contributed by atoms with Gasteiger partial charge in [0.1, 0.15) is 22.4 Å². The molecule has 1 N–H and O–H groups in total. The van der Waals surface area contributed by atoms with Gasteiger partial charge in [-0.15, -0.1) is 11.3 Å². The summed E-state index contributed by atoms with van der Waals surface area (Å²) in [5.74, 6) is -0.814. The Hall–Kier alpha value is -3.78. The van der Waals surface area contributed by atoms with Crippen LogP contribution in [-0.4, -0.2) is 21.4 Å². The maximum absolute atomic E-state index is 13.4. The number of thiophene rings is 1. The van der Waals surface area contributed by atoms with Gasteiger partial charge in [-0.25, -0.2) is 9.78 Å². The average molecular weight is 490 g/mol. The monoisotopic (exact) mass is 489 g/mol. The van der Waals surface area contributed by atoms with Gasteiger partial charge in [0.15, 0.2) is 0 Å². The van der Waals surface area contributed by atoms with Gasteiger partial charge in [-0.1, -0.05) is 55.5 Å². The molecule has 0 radical (unpaired) electrons. The maximum Gasteiger partial charge on any atom is 0.349 e. The van der Waals surface area contributed by atoms with E-state index in [1.807, 2.05) is 62.4 Å². The molecule has 1 amide bonds. The minimum atomic E-state index is -0.795. The van der Waals surface area contributed by atoms with Crippen LogP contribution in [0.2, 0.25) is 0 Å². The lowest BCUT2D eigenvalue weighted by Crippen LogP contribution is -2.32. The summed E-state index contributed by atoms with van der Waals surface area (Å²) in [6.45, 7) is 7.47. The molecule has 0 fully saturated rings. The van der Waals surface area contributed by atoms with Crippen LogP contribution in [0, 0.1) is 13.8 Å². The predicted octanol–water partition coefficient (Wildman–Crippen LogP) is 5.19. The first kappa shape index (κ1) is 24.3. The zero-order chi connectivity index (χ0) is 25.1. The van der Waals surface area contributed by atoms with Crippen LogP contribution in [0.5, 0.6) is 0 Å². The third-order valence-corrected chi connectivity index (χ3v) is 7.24. The fraction of sp³-hybridized carbons (Fsp3) is 0.259. The van der Waals surface area contributed by atoms with E-state index in [9.17, 15) is 14.4 Å². The summed E-state index contributed by atoms with van der Waals surface area (Å²) in [4.78, 5) is 44.3. The van der Waals surface area contributed by atoms with Crippen LogP contribution >= 0.6 is 11.3 Å². The van der Waals surface area contributed by atoms with Crippen molar-refractivity contribution in [2.75, 3.05) is 5.32 Å². The highest BCUT2D eigenvalue weighted by Crippen LogP contribution is 2.28. The SMILES string of the molecule is CCc1cccc(C)c1NC(=O)[C@@H](C)n1cnc2sc(C(=O)OCc3ccccc3)c(C)c2c1=O. The third kappa shape index (κ3) is 4.88. The van der Waals surface area contributed by atoms with Crippen LogP contribution in [0.3, 0.4) is 0 Å². The van der Waals surface area contributed by atoms with Crippen molar-refractivity contribution < 1.29 is 14.3 Å². The number of aromatic nitrogens is 2. The van der Waals surface area contributed by atoms with E-state index in [0.29, 0.717) is 20.7 Å². The smallest absolute Gasteiger partial charge is 0.349 e. The van der Waals surface area contributed by atoms with Gasteiger partial charge in [0.05, 0.1) is 11.7 Å². The first-order valence-electron chi connectivity index (χ1n) is 11.4. The highest BCUT2D eigenvalue weighted by Gasteiger charge is 2.24. The van der Waals surface area contributed by atoms with E-state index in [4.69, 9.17) is 4.74 Å². The quantitative estimate of drug-likeness (QED) is 0.361. The summed E-state index contributed by atoms with van der Waals surface area (Å²) in [5, 5.41) is 3.30. The molecule has 8 heteroatoms. The Morgan fingerprint density at radius 3 is 2.57 bits per heavy atom. The Morgan fingerprint density at radius 2 is 1.86 bits per heavy atom. The molecule has 2 aromatic heterocycles. The lowest BCUT2D eigenvalue weighted by Gasteiger charge is -2.18. The van der Waals surface area contributed by atoms with Gasteiger partial charge in [0.2, 0.25) is 5.91 Å². The Balaban J connectivity index is 1.59. The zero-order valence-corrected chi connectivity index (χ0v) is 20.9. The first-order chi connectivity index (χ1) is 16.8.